The molecule has 0 saturated carbocycles. The van der Waals surface area contributed by atoms with Gasteiger partial charge in [-0.1, -0.05) is 24.3 Å². The van der Waals surface area contributed by atoms with E-state index in [2.05, 4.69) is 0 Å². The van der Waals surface area contributed by atoms with Gasteiger partial charge in [0.2, 0.25) is 5.43 Å². The molecule has 3 N–H and O–H groups in total. The number of phenolic OH excluding ortho intramolecular Hbond substituents is 3. The van der Waals surface area contributed by atoms with Gasteiger partial charge in [0.25, 0.3) is 0 Å². The van der Waals surface area contributed by atoms with Crippen molar-refractivity contribution in [2.75, 3.05) is 7.11 Å². The molecular weight excluding hydrogens is 412 g/mol. The minimum Gasteiger partial charge on any atom is -0.508 e. The molecule has 7 heteroatoms. The van der Waals surface area contributed by atoms with Crippen LogP contribution in [0, 0.1) is 0 Å². The Morgan fingerprint density at radius 1 is 0.938 bits per heavy atom. The van der Waals surface area contributed by atoms with Gasteiger partial charge in [-0.3, -0.25) is 9.59 Å². The normalized spacial score (nSPS) is 11.9. The zero-order chi connectivity index (χ0) is 22.8. The lowest BCUT2D eigenvalue weighted by molar-refractivity contribution is -0.140. The number of rotatable bonds is 5. The molecule has 0 fully saturated rings. The van der Waals surface area contributed by atoms with Crippen LogP contribution in [0.15, 0.2) is 76.1 Å². The molecule has 1 heterocycles. The second-order valence-electron chi connectivity index (χ2n) is 7.32. The number of aromatic hydroxyl groups is 3. The van der Waals surface area contributed by atoms with Crippen LogP contribution in [0.4, 0.5) is 0 Å². The van der Waals surface area contributed by atoms with Crippen molar-refractivity contribution in [3.05, 3.63) is 88.3 Å². The van der Waals surface area contributed by atoms with E-state index in [1.54, 1.807) is 24.3 Å². The highest BCUT2D eigenvalue weighted by Gasteiger charge is 2.26. The second kappa shape index (κ2) is 8.47. The lowest BCUT2D eigenvalue weighted by Crippen LogP contribution is -2.12. The van der Waals surface area contributed by atoms with Gasteiger partial charge in [0.05, 0.1) is 24.5 Å². The van der Waals surface area contributed by atoms with Crippen LogP contribution in [-0.4, -0.2) is 28.4 Å². The number of methoxy groups -OCH3 is 1. The Hall–Kier alpha value is -4.26. The molecule has 1 atom stereocenters. The van der Waals surface area contributed by atoms with Gasteiger partial charge in [-0.15, -0.1) is 0 Å². The fourth-order valence-electron chi connectivity index (χ4n) is 3.73. The van der Waals surface area contributed by atoms with E-state index in [-0.39, 0.29) is 45.6 Å². The average molecular weight is 432 g/mol. The summed E-state index contributed by atoms with van der Waals surface area (Å²) in [5, 5.41) is 30.1. The number of fused-ring (bicyclic) bond motifs is 1. The van der Waals surface area contributed by atoms with E-state index in [4.69, 9.17) is 9.15 Å². The summed E-state index contributed by atoms with van der Waals surface area (Å²) in [6.45, 7) is 0. The van der Waals surface area contributed by atoms with Gasteiger partial charge in [0.15, 0.2) is 0 Å². The van der Waals surface area contributed by atoms with Gasteiger partial charge in [0, 0.05) is 11.5 Å². The first kappa shape index (κ1) is 21.0. The van der Waals surface area contributed by atoms with E-state index < -0.39 is 11.9 Å². The van der Waals surface area contributed by atoms with Crippen molar-refractivity contribution < 1.29 is 29.3 Å². The molecule has 4 aromatic rings. The highest BCUT2D eigenvalue weighted by Crippen LogP contribution is 2.39. The monoisotopic (exact) mass is 432 g/mol. The maximum Gasteiger partial charge on any atom is 0.306 e. The molecule has 1 aromatic heterocycles. The molecule has 0 bridgehead atoms. The predicted octanol–water partition coefficient (Wildman–Crippen LogP) is 4.27. The van der Waals surface area contributed by atoms with Crippen molar-refractivity contribution in [2.24, 2.45) is 0 Å². The second-order valence-corrected chi connectivity index (χ2v) is 7.32. The Balaban J connectivity index is 1.93. The van der Waals surface area contributed by atoms with Crippen molar-refractivity contribution in [3.8, 4) is 28.4 Å². The first-order chi connectivity index (χ1) is 15.4. The maximum absolute atomic E-state index is 13.2. The van der Waals surface area contributed by atoms with Gasteiger partial charge in [-0.2, -0.15) is 0 Å². The number of carbonyl (C=O) groups is 1. The molecule has 0 aliphatic heterocycles. The van der Waals surface area contributed by atoms with E-state index in [0.29, 0.717) is 16.7 Å². The summed E-state index contributed by atoms with van der Waals surface area (Å²) in [5.41, 5.74) is 1.59. The Kier molecular flexibility index (Phi) is 5.55. The minimum absolute atomic E-state index is 0.0535. The average Bonchev–Trinajstić information content (AvgIpc) is 2.79. The van der Waals surface area contributed by atoms with Crippen LogP contribution in [0.25, 0.3) is 22.1 Å². The molecule has 0 radical (unpaired) electrons. The molecule has 0 aliphatic rings. The Labute approximate surface area is 182 Å². The molecule has 1 unspecified atom stereocenters. The van der Waals surface area contributed by atoms with Gasteiger partial charge >= 0.3 is 5.97 Å². The smallest absolute Gasteiger partial charge is 0.306 e. The van der Waals surface area contributed by atoms with Crippen molar-refractivity contribution in [3.63, 3.8) is 0 Å². The van der Waals surface area contributed by atoms with E-state index in [1.807, 2.05) is 0 Å². The van der Waals surface area contributed by atoms with Gasteiger partial charge in [0.1, 0.15) is 29.1 Å². The molecule has 0 aliphatic carbocycles. The number of esters is 1. The SMILES string of the molecule is COC(=O)CC(c1ccc(O)cc1)c1c(O)ccc2c(=O)c(-c3ccc(O)cc3)coc12. The van der Waals surface area contributed by atoms with Crippen LogP contribution in [0.3, 0.4) is 0 Å². The summed E-state index contributed by atoms with van der Waals surface area (Å²) in [7, 11) is 1.27. The standard InChI is InChI=1S/C25H20O7/c1-31-22(29)12-19(14-2-6-16(26)7-3-14)23-21(28)11-10-18-24(30)20(13-32-25(18)23)15-4-8-17(27)9-5-15/h2-11,13,19,26-28H,12H2,1H3. The molecule has 0 saturated heterocycles. The molecule has 7 nitrogen and oxygen atoms in total. The van der Waals surface area contributed by atoms with Crippen molar-refractivity contribution in [1.82, 2.24) is 0 Å². The van der Waals surface area contributed by atoms with Crippen LogP contribution >= 0.6 is 0 Å². The predicted molar refractivity (Wildman–Crippen MR) is 118 cm³/mol. The summed E-state index contributed by atoms with van der Waals surface area (Å²) in [4.78, 5) is 25.4. The van der Waals surface area contributed by atoms with Crippen LogP contribution in [0.5, 0.6) is 17.2 Å². The third kappa shape index (κ3) is 3.88. The lowest BCUT2D eigenvalue weighted by atomic mass is 9.86. The quantitative estimate of drug-likeness (QED) is 0.403. The van der Waals surface area contributed by atoms with E-state index >= 15 is 0 Å². The highest BCUT2D eigenvalue weighted by atomic mass is 16.5. The van der Waals surface area contributed by atoms with Gasteiger partial charge < -0.3 is 24.5 Å². The zero-order valence-corrected chi connectivity index (χ0v) is 17.1. The molecular formula is C25H20O7. The molecule has 3 aromatic carbocycles. The number of ether oxygens (including phenoxy) is 1. The zero-order valence-electron chi connectivity index (χ0n) is 17.1. The summed E-state index contributed by atoms with van der Waals surface area (Å²) >= 11 is 0. The van der Waals surface area contributed by atoms with E-state index in [1.165, 1.54) is 49.8 Å². The number of phenols is 3. The van der Waals surface area contributed by atoms with E-state index in [9.17, 15) is 24.9 Å². The van der Waals surface area contributed by atoms with Crippen LogP contribution in [0.2, 0.25) is 0 Å². The third-order valence-corrected chi connectivity index (χ3v) is 5.38. The molecule has 32 heavy (non-hydrogen) atoms. The highest BCUT2D eigenvalue weighted by molar-refractivity contribution is 5.87. The van der Waals surface area contributed by atoms with Crippen LogP contribution in [-0.2, 0) is 9.53 Å². The minimum atomic E-state index is -0.686. The number of carbonyl (C=O) groups excluding carboxylic acids is 1. The number of hydrogen-bond donors (Lipinski definition) is 3. The Morgan fingerprint density at radius 3 is 2.19 bits per heavy atom. The topological polar surface area (TPSA) is 117 Å². The van der Waals surface area contributed by atoms with E-state index in [0.717, 1.165) is 0 Å². The number of hydrogen-bond acceptors (Lipinski definition) is 7. The molecule has 0 spiro atoms. The molecule has 4 rings (SSSR count). The summed E-state index contributed by atoms with van der Waals surface area (Å²) < 4.78 is 10.7. The van der Waals surface area contributed by atoms with Crippen LogP contribution in [0.1, 0.15) is 23.5 Å². The molecule has 162 valence electrons. The summed E-state index contributed by atoms with van der Waals surface area (Å²) in [5.74, 6) is -1.21. The Bertz CT molecular complexity index is 1340. The molecule has 0 amide bonds. The summed E-state index contributed by atoms with van der Waals surface area (Å²) in [6.07, 6.45) is 1.18. The van der Waals surface area contributed by atoms with Gasteiger partial charge in [-0.25, -0.2) is 0 Å². The maximum atomic E-state index is 13.2. The fraction of sp³-hybridized carbons (Fsp3) is 0.120. The number of benzene rings is 3. The first-order valence-electron chi connectivity index (χ1n) is 9.81. The van der Waals surface area contributed by atoms with Crippen molar-refractivity contribution in [1.29, 1.82) is 0 Å². The fourth-order valence-corrected chi connectivity index (χ4v) is 3.73. The largest absolute Gasteiger partial charge is 0.508 e. The van der Waals surface area contributed by atoms with Crippen molar-refractivity contribution in [2.45, 2.75) is 12.3 Å². The van der Waals surface area contributed by atoms with Crippen molar-refractivity contribution >= 4 is 16.9 Å². The van der Waals surface area contributed by atoms with Gasteiger partial charge in [-0.05, 0) is 47.5 Å². The Morgan fingerprint density at radius 2 is 1.56 bits per heavy atom. The first-order valence-corrected chi connectivity index (χ1v) is 9.81. The van der Waals surface area contributed by atoms with Crippen LogP contribution < -0.4 is 5.43 Å². The lowest BCUT2D eigenvalue weighted by Gasteiger charge is -2.19. The third-order valence-electron chi connectivity index (χ3n) is 5.38. The summed E-state index contributed by atoms with van der Waals surface area (Å²) in [6, 6.07) is 15.2.